The van der Waals surface area contributed by atoms with Crippen LogP contribution in [0.1, 0.15) is 37.5 Å². The molecule has 0 fully saturated rings. The van der Waals surface area contributed by atoms with Crippen molar-refractivity contribution in [2.45, 2.75) is 45.1 Å². The van der Waals surface area contributed by atoms with Crippen LogP contribution in [0, 0.1) is 0 Å². The van der Waals surface area contributed by atoms with E-state index in [0.29, 0.717) is 0 Å². The summed E-state index contributed by atoms with van der Waals surface area (Å²) in [6, 6.07) is 14.7. The summed E-state index contributed by atoms with van der Waals surface area (Å²) in [5.41, 5.74) is 6.24. The molecule has 0 aromatic heterocycles. The highest BCUT2D eigenvalue weighted by Crippen LogP contribution is 2.47. The number of rotatable bonds is 4. The average Bonchev–Trinajstić information content (AvgIpc) is 3.13. The van der Waals surface area contributed by atoms with Crippen LogP contribution in [-0.4, -0.2) is 18.2 Å². The number of nitrogens with zero attached hydrogens (tertiary/aromatic N) is 1. The van der Waals surface area contributed by atoms with Crippen molar-refractivity contribution in [3.63, 3.8) is 0 Å². The molecule has 0 saturated carbocycles. The Morgan fingerprint density at radius 1 is 1.22 bits per heavy atom. The minimum Gasteiger partial charge on any atom is -0.379 e. The lowest BCUT2D eigenvalue weighted by Gasteiger charge is -2.20. The van der Waals surface area contributed by atoms with Crippen molar-refractivity contribution in [1.29, 1.82) is 0 Å². The number of nitrogens with one attached hydrogen (secondary N) is 2. The van der Waals surface area contributed by atoms with E-state index in [4.69, 9.17) is 0 Å². The first-order valence-electron chi connectivity index (χ1n) is 9.48. The highest BCUT2D eigenvalue weighted by molar-refractivity contribution is 6.07. The highest BCUT2D eigenvalue weighted by atomic mass is 16.2. The predicted octanol–water partition coefficient (Wildman–Crippen LogP) is 4.47. The normalized spacial score (nSPS) is 22.0. The van der Waals surface area contributed by atoms with Crippen molar-refractivity contribution in [2.75, 3.05) is 10.6 Å². The maximum absolute atomic E-state index is 12.8. The van der Waals surface area contributed by atoms with Crippen LogP contribution in [0.3, 0.4) is 0 Å². The molecule has 2 aromatic rings. The number of anilines is 2. The molecule has 0 bridgehead atoms. The molecule has 2 aromatic carbocycles. The zero-order valence-corrected chi connectivity index (χ0v) is 16.0. The van der Waals surface area contributed by atoms with Crippen molar-refractivity contribution < 1.29 is 4.79 Å². The summed E-state index contributed by atoms with van der Waals surface area (Å²) in [4.78, 5) is 17.1. The monoisotopic (exact) mass is 359 g/mol. The lowest BCUT2D eigenvalue weighted by atomic mass is 9.79. The molecule has 0 saturated heterocycles. The van der Waals surface area contributed by atoms with Gasteiger partial charge < -0.3 is 10.6 Å². The minimum atomic E-state index is -0.449. The summed E-state index contributed by atoms with van der Waals surface area (Å²) in [5, 5.41) is 6.59. The van der Waals surface area contributed by atoms with Gasteiger partial charge in [0.2, 0.25) is 5.91 Å². The van der Waals surface area contributed by atoms with Crippen LogP contribution in [0.5, 0.6) is 0 Å². The third kappa shape index (κ3) is 3.05. The minimum absolute atomic E-state index is 0.124. The van der Waals surface area contributed by atoms with E-state index in [-0.39, 0.29) is 11.9 Å². The fourth-order valence-electron chi connectivity index (χ4n) is 4.40. The van der Waals surface area contributed by atoms with Crippen molar-refractivity contribution in [3.05, 3.63) is 70.9 Å². The summed E-state index contributed by atoms with van der Waals surface area (Å²) < 4.78 is 0. The first-order valence-corrected chi connectivity index (χ1v) is 9.48. The third-order valence-electron chi connectivity index (χ3n) is 5.53. The lowest BCUT2D eigenvalue weighted by molar-refractivity contribution is -0.120. The van der Waals surface area contributed by atoms with E-state index in [1.165, 1.54) is 11.1 Å². The number of hydrogen-bond donors (Lipinski definition) is 2. The summed E-state index contributed by atoms with van der Waals surface area (Å²) in [6.07, 6.45) is 5.43. The molecule has 1 heterocycles. The summed E-state index contributed by atoms with van der Waals surface area (Å²) in [6.45, 7) is 6.04. The first-order chi connectivity index (χ1) is 13.0. The van der Waals surface area contributed by atoms with Crippen molar-refractivity contribution in [2.24, 2.45) is 4.99 Å². The number of carbonyl (C=O) groups is 1. The zero-order chi connectivity index (χ0) is 19.0. The SMILES string of the molecule is CC=N/C(C)=C\C(C)Nc1ccc2c(c1)CC1(C2)C(=O)Nc2ccccc21. The van der Waals surface area contributed by atoms with E-state index in [1.807, 2.05) is 32.0 Å². The molecule has 2 aliphatic rings. The van der Waals surface area contributed by atoms with Crippen LogP contribution in [0.25, 0.3) is 0 Å². The third-order valence-corrected chi connectivity index (χ3v) is 5.53. The number of carbonyl (C=O) groups excluding carboxylic acids is 1. The molecule has 4 rings (SSSR count). The molecule has 27 heavy (non-hydrogen) atoms. The molecule has 2 unspecified atom stereocenters. The van der Waals surface area contributed by atoms with E-state index in [1.54, 1.807) is 6.21 Å². The molecule has 2 N–H and O–H groups in total. The summed E-state index contributed by atoms with van der Waals surface area (Å²) in [5.74, 6) is 0.124. The van der Waals surface area contributed by atoms with Gasteiger partial charge in [-0.1, -0.05) is 24.3 Å². The first kappa shape index (κ1) is 17.5. The van der Waals surface area contributed by atoms with Crippen molar-refractivity contribution >= 4 is 23.5 Å². The molecule has 138 valence electrons. The molecule has 4 nitrogen and oxygen atoms in total. The topological polar surface area (TPSA) is 53.5 Å². The number of benzene rings is 2. The van der Waals surface area contributed by atoms with Gasteiger partial charge in [-0.05, 0) is 74.6 Å². The largest absolute Gasteiger partial charge is 0.379 e. The molecular formula is C23H25N3O. The fraction of sp³-hybridized carbons (Fsp3) is 0.304. The quantitative estimate of drug-likeness (QED) is 0.792. The van der Waals surface area contributed by atoms with Crippen LogP contribution < -0.4 is 10.6 Å². The van der Waals surface area contributed by atoms with Crippen LogP contribution in [0.15, 0.2) is 59.2 Å². The molecule has 2 atom stereocenters. The Morgan fingerprint density at radius 3 is 2.81 bits per heavy atom. The van der Waals surface area contributed by atoms with Crippen molar-refractivity contribution in [1.82, 2.24) is 0 Å². The van der Waals surface area contributed by atoms with Crippen LogP contribution in [0.4, 0.5) is 11.4 Å². The van der Waals surface area contributed by atoms with E-state index in [0.717, 1.165) is 35.5 Å². The summed E-state index contributed by atoms with van der Waals surface area (Å²) in [7, 11) is 0. The second kappa shape index (κ2) is 6.69. The molecule has 1 spiro atoms. The van der Waals surface area contributed by atoms with Crippen LogP contribution >= 0.6 is 0 Å². The van der Waals surface area contributed by atoms with Gasteiger partial charge in [-0.2, -0.15) is 0 Å². The number of amides is 1. The fourth-order valence-corrected chi connectivity index (χ4v) is 4.40. The van der Waals surface area contributed by atoms with Gasteiger partial charge >= 0.3 is 0 Å². The number of allylic oxidation sites excluding steroid dienone is 1. The number of fused-ring (bicyclic) bond motifs is 3. The van der Waals surface area contributed by atoms with Gasteiger partial charge in [0.15, 0.2) is 0 Å². The number of para-hydroxylation sites is 1. The van der Waals surface area contributed by atoms with Gasteiger partial charge in [-0.15, -0.1) is 0 Å². The summed E-state index contributed by atoms with van der Waals surface area (Å²) >= 11 is 0. The second-order valence-electron chi connectivity index (χ2n) is 7.55. The predicted molar refractivity (Wildman–Crippen MR) is 112 cm³/mol. The van der Waals surface area contributed by atoms with Crippen LogP contribution in [0.2, 0.25) is 0 Å². The Hall–Kier alpha value is -2.88. The van der Waals surface area contributed by atoms with Gasteiger partial charge in [-0.3, -0.25) is 9.79 Å². The Morgan fingerprint density at radius 2 is 2.00 bits per heavy atom. The second-order valence-corrected chi connectivity index (χ2v) is 7.55. The molecule has 1 amide bonds. The van der Waals surface area contributed by atoms with E-state index >= 15 is 0 Å². The van der Waals surface area contributed by atoms with E-state index in [2.05, 4.69) is 52.9 Å². The number of aliphatic imine (C=N–C) groups is 1. The highest BCUT2D eigenvalue weighted by Gasteiger charge is 2.50. The Kier molecular flexibility index (Phi) is 4.34. The molecule has 1 aliphatic heterocycles. The Balaban J connectivity index is 1.58. The van der Waals surface area contributed by atoms with Gasteiger partial charge in [0.25, 0.3) is 0 Å². The Labute approximate surface area is 160 Å². The molecule has 0 radical (unpaired) electrons. The Bertz CT molecular complexity index is 960. The van der Waals surface area contributed by atoms with Gasteiger partial charge in [0.05, 0.1) is 5.41 Å². The number of hydrogen-bond acceptors (Lipinski definition) is 3. The van der Waals surface area contributed by atoms with Crippen LogP contribution in [-0.2, 0) is 23.1 Å². The molecular weight excluding hydrogens is 334 g/mol. The van der Waals surface area contributed by atoms with Gasteiger partial charge in [0.1, 0.15) is 0 Å². The molecule has 4 heteroatoms. The van der Waals surface area contributed by atoms with Gasteiger partial charge in [-0.25, -0.2) is 0 Å². The van der Waals surface area contributed by atoms with E-state index < -0.39 is 5.41 Å². The van der Waals surface area contributed by atoms with Crippen molar-refractivity contribution in [3.8, 4) is 0 Å². The van der Waals surface area contributed by atoms with E-state index in [9.17, 15) is 4.79 Å². The smallest absolute Gasteiger partial charge is 0.235 e. The maximum atomic E-state index is 12.8. The lowest BCUT2D eigenvalue weighted by Crippen LogP contribution is -2.35. The maximum Gasteiger partial charge on any atom is 0.235 e. The average molecular weight is 359 g/mol. The van der Waals surface area contributed by atoms with Gasteiger partial charge in [0, 0.05) is 29.3 Å². The zero-order valence-electron chi connectivity index (χ0n) is 16.0. The molecule has 1 aliphatic carbocycles. The standard InChI is InChI=1S/C23H25N3O/c1-4-24-15(2)11-16(3)25-19-10-9-17-13-23(14-18(17)12-19)20-7-5-6-8-21(20)26-22(23)27/h4-12,16,25H,13-14H2,1-3H3,(H,26,27)/b15-11-,24-4?.